The molecule has 0 heterocycles. The van der Waals surface area contributed by atoms with Crippen LogP contribution in [0.25, 0.3) is 11.1 Å². The zero-order chi connectivity index (χ0) is 35.0. The van der Waals surface area contributed by atoms with E-state index in [9.17, 15) is 10.0 Å². The standard InChI is InChI=1S/C24H20BNO2/c27-25(28)21-13-17-24(18-14-21)26(22-9-5-2-6-10-22)23-15-11-20(12-16-23)19-7-3-1-4-8-19/h1-18,27-28H/i1D,2D,3D,4D,5D,6D,7D,8D,9D,10D,11D,12D,13D,14D,15D,16D,17D,18D. The predicted molar refractivity (Wildman–Crippen MR) is 116 cm³/mol. The van der Waals surface area contributed by atoms with Crippen molar-refractivity contribution in [1.82, 2.24) is 0 Å². The van der Waals surface area contributed by atoms with E-state index >= 15 is 0 Å². The third-order valence-corrected chi connectivity index (χ3v) is 3.41. The van der Waals surface area contributed by atoms with Crippen LogP contribution in [0, 0.1) is 0 Å². The highest BCUT2D eigenvalue weighted by Gasteiger charge is 2.15. The maximum atomic E-state index is 9.72. The van der Waals surface area contributed by atoms with Crippen molar-refractivity contribution in [3.05, 3.63) is 109 Å². The van der Waals surface area contributed by atoms with E-state index in [-0.39, 0.29) is 0 Å². The topological polar surface area (TPSA) is 43.7 Å². The minimum atomic E-state index is -2.51. The van der Waals surface area contributed by atoms with Crippen LogP contribution in [0.2, 0.25) is 0 Å². The summed E-state index contributed by atoms with van der Waals surface area (Å²) in [6.07, 6.45) is 0. The number of benzene rings is 4. The molecule has 0 saturated carbocycles. The van der Waals surface area contributed by atoms with Gasteiger partial charge in [-0.05, 0) is 52.8 Å². The van der Waals surface area contributed by atoms with Gasteiger partial charge in [-0.1, -0.05) is 72.5 Å². The Bertz CT molecular complexity index is 1870. The van der Waals surface area contributed by atoms with Crippen LogP contribution in [0.15, 0.2) is 109 Å². The molecule has 28 heavy (non-hydrogen) atoms. The molecule has 0 aliphatic carbocycles. The van der Waals surface area contributed by atoms with E-state index < -0.39 is 150 Å². The quantitative estimate of drug-likeness (QED) is 0.499. The van der Waals surface area contributed by atoms with E-state index in [2.05, 4.69) is 0 Å². The molecule has 4 rings (SSSR count). The number of para-hydroxylation sites is 1. The summed E-state index contributed by atoms with van der Waals surface area (Å²) in [4.78, 5) is 0.404. The van der Waals surface area contributed by atoms with E-state index in [0.717, 1.165) is 0 Å². The number of hydrogen-bond acceptors (Lipinski definition) is 3. The zero-order valence-electron chi connectivity index (χ0n) is 31.9. The van der Waals surface area contributed by atoms with E-state index in [1.165, 1.54) is 0 Å². The van der Waals surface area contributed by atoms with Gasteiger partial charge in [0.15, 0.2) is 0 Å². The van der Waals surface area contributed by atoms with Crippen LogP contribution in [0.3, 0.4) is 0 Å². The summed E-state index contributed by atoms with van der Waals surface area (Å²) in [6, 6.07) is -17.5. The molecule has 3 nitrogen and oxygen atoms in total. The molecule has 0 unspecified atom stereocenters. The first-order valence-electron chi connectivity index (χ1n) is 16.7. The lowest BCUT2D eigenvalue weighted by Crippen LogP contribution is -2.29. The first kappa shape index (κ1) is 6.62. The maximum absolute atomic E-state index is 9.72. The number of anilines is 3. The Morgan fingerprint density at radius 1 is 0.536 bits per heavy atom. The van der Waals surface area contributed by atoms with Gasteiger partial charge in [0.05, 0.1) is 24.7 Å². The summed E-state index contributed by atoms with van der Waals surface area (Å²) in [7, 11) is -2.51. The van der Waals surface area contributed by atoms with Gasteiger partial charge in [0.25, 0.3) is 0 Å². The van der Waals surface area contributed by atoms with Crippen molar-refractivity contribution in [2.45, 2.75) is 0 Å². The maximum Gasteiger partial charge on any atom is 0.488 e. The van der Waals surface area contributed by atoms with Crippen molar-refractivity contribution in [1.29, 1.82) is 0 Å². The summed E-state index contributed by atoms with van der Waals surface area (Å²) in [5.41, 5.74) is -5.17. The summed E-state index contributed by atoms with van der Waals surface area (Å²) in [6.45, 7) is 0. The Labute approximate surface area is 190 Å². The van der Waals surface area contributed by atoms with Gasteiger partial charge in [-0.15, -0.1) is 0 Å². The third kappa shape index (κ3) is 3.84. The van der Waals surface area contributed by atoms with Crippen LogP contribution in [0.1, 0.15) is 24.7 Å². The number of nitrogens with zero attached hydrogens (tertiary/aromatic N) is 1. The fourth-order valence-corrected chi connectivity index (χ4v) is 2.16. The summed E-state index contributed by atoms with van der Waals surface area (Å²) < 4.78 is 151. The molecule has 0 aromatic heterocycles. The second-order valence-electron chi connectivity index (χ2n) is 5.17. The molecule has 0 bridgehead atoms. The molecule has 0 amide bonds. The molecule has 0 spiro atoms. The van der Waals surface area contributed by atoms with Gasteiger partial charge in [0.2, 0.25) is 0 Å². The molecule has 0 fully saturated rings. The predicted octanol–water partition coefficient (Wildman–Crippen LogP) is 4.50. The molecule has 2 N–H and O–H groups in total. The summed E-state index contributed by atoms with van der Waals surface area (Å²) >= 11 is 0. The van der Waals surface area contributed by atoms with E-state index in [4.69, 9.17) is 24.7 Å². The van der Waals surface area contributed by atoms with Gasteiger partial charge in [0, 0.05) is 17.1 Å². The molecule has 0 aliphatic heterocycles. The normalized spacial score (nSPS) is 19.5. The van der Waals surface area contributed by atoms with Gasteiger partial charge >= 0.3 is 7.12 Å². The van der Waals surface area contributed by atoms with Gasteiger partial charge in [0.1, 0.15) is 0 Å². The Morgan fingerprint density at radius 2 is 0.964 bits per heavy atom. The Morgan fingerprint density at radius 3 is 1.50 bits per heavy atom. The van der Waals surface area contributed by atoms with Crippen LogP contribution >= 0.6 is 0 Å². The van der Waals surface area contributed by atoms with Gasteiger partial charge in [-0.25, -0.2) is 0 Å². The van der Waals surface area contributed by atoms with Crippen LogP contribution in [-0.4, -0.2) is 17.2 Å². The van der Waals surface area contributed by atoms with Crippen molar-refractivity contribution < 1.29 is 34.7 Å². The fourth-order valence-electron chi connectivity index (χ4n) is 2.16. The molecule has 0 radical (unpaired) electrons. The molecular formula is C24H20BNO2. The fraction of sp³-hybridized carbons (Fsp3) is 0. The highest BCUT2D eigenvalue weighted by atomic mass is 16.4. The largest absolute Gasteiger partial charge is 0.488 e. The molecule has 136 valence electrons. The summed E-state index contributed by atoms with van der Waals surface area (Å²) in [5.74, 6) is 0. The second kappa shape index (κ2) is 8.13. The lowest BCUT2D eigenvalue weighted by Gasteiger charge is -2.26. The smallest absolute Gasteiger partial charge is 0.423 e. The van der Waals surface area contributed by atoms with E-state index in [1.807, 2.05) is 0 Å². The average Bonchev–Trinajstić information content (AvgIpc) is 3.00. The SMILES string of the molecule is [2H]c1c([2H])c([2H])c(-c2c([2H])c([2H])c(N(c3c([2H])c([2H])c([2H])c([2H])c3[2H])c3c([2H])c([2H])c(B(O)O)c([2H])c3[2H])c([2H])c2[2H])c([2H])c1[2H]. The van der Waals surface area contributed by atoms with Crippen LogP contribution < -0.4 is 10.4 Å². The molecule has 0 atom stereocenters. The monoisotopic (exact) mass is 383 g/mol. The Kier molecular flexibility index (Phi) is 1.92. The van der Waals surface area contributed by atoms with Crippen molar-refractivity contribution in [3.8, 4) is 11.1 Å². The highest BCUT2D eigenvalue weighted by molar-refractivity contribution is 6.58. The highest BCUT2D eigenvalue weighted by Crippen LogP contribution is 2.35. The van der Waals surface area contributed by atoms with Crippen LogP contribution in [0.5, 0.6) is 0 Å². The van der Waals surface area contributed by atoms with Gasteiger partial charge in [-0.3, -0.25) is 0 Å². The Hall–Kier alpha value is -3.34. The summed E-state index contributed by atoms with van der Waals surface area (Å²) in [5, 5.41) is 19.4. The molecule has 4 aromatic carbocycles. The third-order valence-electron chi connectivity index (χ3n) is 3.41. The first-order valence-corrected chi connectivity index (χ1v) is 7.73. The Balaban J connectivity index is 2.29. The lowest BCUT2D eigenvalue weighted by molar-refractivity contribution is 0.426. The molecule has 4 aromatic rings. The molecular weight excluding hydrogens is 345 g/mol. The number of hydrogen-bond donors (Lipinski definition) is 2. The van der Waals surface area contributed by atoms with Crippen molar-refractivity contribution in [2.24, 2.45) is 0 Å². The van der Waals surface area contributed by atoms with E-state index in [1.54, 1.807) is 0 Å². The van der Waals surface area contributed by atoms with Gasteiger partial charge in [-0.2, -0.15) is 0 Å². The molecule has 0 aliphatic rings. The molecule has 0 saturated heterocycles. The van der Waals surface area contributed by atoms with Crippen molar-refractivity contribution >= 4 is 29.6 Å². The molecule has 4 heteroatoms. The van der Waals surface area contributed by atoms with Crippen molar-refractivity contribution in [2.75, 3.05) is 4.90 Å². The minimum absolute atomic E-state index is 0.404. The van der Waals surface area contributed by atoms with E-state index in [0.29, 0.717) is 4.90 Å². The zero-order valence-corrected chi connectivity index (χ0v) is 13.9. The average molecular weight is 383 g/mol. The van der Waals surface area contributed by atoms with Gasteiger partial charge < -0.3 is 14.9 Å². The first-order chi connectivity index (χ1) is 21.2. The minimum Gasteiger partial charge on any atom is -0.423 e. The van der Waals surface area contributed by atoms with Crippen LogP contribution in [0.4, 0.5) is 17.1 Å². The number of rotatable bonds is 5. The second-order valence-corrected chi connectivity index (χ2v) is 5.17. The lowest BCUT2D eigenvalue weighted by atomic mass is 9.80. The van der Waals surface area contributed by atoms with Crippen molar-refractivity contribution in [3.63, 3.8) is 0 Å². The van der Waals surface area contributed by atoms with Crippen LogP contribution in [-0.2, 0) is 0 Å².